The number of hydrogen-bond acceptors (Lipinski definition) is 3. The van der Waals surface area contributed by atoms with Gasteiger partial charge in [0.25, 0.3) is 0 Å². The van der Waals surface area contributed by atoms with Crippen LogP contribution in [0.25, 0.3) is 0 Å². The maximum atomic E-state index is 10.6. The van der Waals surface area contributed by atoms with E-state index in [0.717, 1.165) is 32.2 Å². The Morgan fingerprint density at radius 1 is 1.50 bits per heavy atom. The lowest BCUT2D eigenvalue weighted by Crippen LogP contribution is -2.49. The van der Waals surface area contributed by atoms with Crippen molar-refractivity contribution in [2.45, 2.75) is 25.4 Å². The molecule has 1 aliphatic heterocycles. The Labute approximate surface area is 73.3 Å². The minimum atomic E-state index is -0.233. The second-order valence-electron chi connectivity index (χ2n) is 2.96. The third-order valence-electron chi connectivity index (χ3n) is 2.07. The number of aldehydes is 1. The van der Waals surface area contributed by atoms with E-state index >= 15 is 0 Å². The molecule has 0 aliphatic carbocycles. The first-order valence-electron chi connectivity index (χ1n) is 4.45. The van der Waals surface area contributed by atoms with Gasteiger partial charge in [-0.1, -0.05) is 6.42 Å². The molecule has 0 spiro atoms. The van der Waals surface area contributed by atoms with Gasteiger partial charge in [-0.3, -0.25) is 5.32 Å². The van der Waals surface area contributed by atoms with Crippen molar-refractivity contribution in [3.8, 4) is 0 Å². The van der Waals surface area contributed by atoms with E-state index in [1.54, 1.807) is 7.05 Å². The Hall–Kier alpha value is -0.450. The number of nitrogens with one attached hydrogen (secondary N) is 1. The van der Waals surface area contributed by atoms with Gasteiger partial charge in [-0.15, -0.1) is 0 Å². The Morgan fingerprint density at radius 2 is 2.33 bits per heavy atom. The minimum absolute atomic E-state index is 0.233. The molecule has 0 bridgehead atoms. The van der Waals surface area contributed by atoms with Crippen LogP contribution in [0.3, 0.4) is 0 Å². The lowest BCUT2D eigenvalue weighted by Gasteiger charge is -2.24. The van der Waals surface area contributed by atoms with Crippen LogP contribution in [-0.4, -0.2) is 37.6 Å². The first-order chi connectivity index (χ1) is 5.88. The predicted molar refractivity (Wildman–Crippen MR) is 46.5 cm³/mol. The topological polar surface area (TPSA) is 46.4 Å². The van der Waals surface area contributed by atoms with E-state index in [-0.39, 0.29) is 6.17 Å². The number of hydrogen-bond donors (Lipinski definition) is 1. The summed E-state index contributed by atoms with van der Waals surface area (Å²) in [6.45, 7) is 1.75. The molecule has 1 fully saturated rings. The fourth-order valence-electron chi connectivity index (χ4n) is 1.35. The average molecular weight is 170 g/mol. The minimum Gasteiger partial charge on any atom is -0.300 e. The fraction of sp³-hybridized carbons (Fsp3) is 0.875. The van der Waals surface area contributed by atoms with Crippen LogP contribution >= 0.6 is 0 Å². The molecule has 1 N–H and O–H groups in total. The van der Waals surface area contributed by atoms with Crippen LogP contribution in [0.4, 0.5) is 0 Å². The lowest BCUT2D eigenvalue weighted by molar-refractivity contribution is -0.114. The quantitative estimate of drug-likeness (QED) is 0.593. The molecule has 4 heteroatoms. The van der Waals surface area contributed by atoms with Crippen LogP contribution in [0.1, 0.15) is 19.3 Å². The number of nitrogens with zero attached hydrogens (tertiary/aromatic N) is 2. The molecule has 0 aromatic heterocycles. The van der Waals surface area contributed by atoms with Gasteiger partial charge in [-0.05, 0) is 19.9 Å². The first-order valence-corrected chi connectivity index (χ1v) is 4.45. The number of carbonyl (C=O) groups is 1. The van der Waals surface area contributed by atoms with E-state index in [4.69, 9.17) is 0 Å². The smallest absolute Gasteiger partial charge is 0.153 e. The molecule has 1 atom stereocenters. The highest BCUT2D eigenvalue weighted by molar-refractivity contribution is 5.56. The molecule has 69 valence electrons. The van der Waals surface area contributed by atoms with Gasteiger partial charge >= 0.3 is 0 Å². The summed E-state index contributed by atoms with van der Waals surface area (Å²) in [5, 5.41) is 4.76. The van der Waals surface area contributed by atoms with Gasteiger partial charge in [0.15, 0.2) is 6.29 Å². The van der Waals surface area contributed by atoms with Crippen LogP contribution in [0.2, 0.25) is 0 Å². The molecule has 0 aromatic rings. The fourth-order valence-corrected chi connectivity index (χ4v) is 1.35. The third kappa shape index (κ3) is 2.55. The molecule has 0 amide bonds. The molecule has 1 heterocycles. The lowest BCUT2D eigenvalue weighted by atomic mass is 10.2. The Bertz CT molecular complexity index is 132. The molecule has 1 radical (unpaired) electrons. The number of likely N-dealkylation sites (N-methyl/N-ethyl adjacent to an activating group) is 1. The molecule has 1 unspecified atom stereocenters. The zero-order chi connectivity index (χ0) is 8.81. The molecule has 1 aliphatic rings. The van der Waals surface area contributed by atoms with Crippen LogP contribution in [0.15, 0.2) is 0 Å². The second-order valence-corrected chi connectivity index (χ2v) is 2.96. The molecule has 1 saturated heterocycles. The maximum absolute atomic E-state index is 10.6. The van der Waals surface area contributed by atoms with Crippen LogP contribution in [0, 0.1) is 0 Å². The summed E-state index contributed by atoms with van der Waals surface area (Å²) < 4.78 is 0. The van der Waals surface area contributed by atoms with Crippen molar-refractivity contribution in [1.82, 2.24) is 15.8 Å². The van der Waals surface area contributed by atoms with E-state index in [9.17, 15) is 4.79 Å². The van der Waals surface area contributed by atoms with E-state index in [2.05, 4.69) is 10.7 Å². The maximum Gasteiger partial charge on any atom is 0.153 e. The van der Waals surface area contributed by atoms with Gasteiger partial charge in [-0.25, -0.2) is 5.01 Å². The van der Waals surface area contributed by atoms with Crippen molar-refractivity contribution in [3.05, 3.63) is 0 Å². The van der Waals surface area contributed by atoms with Gasteiger partial charge in [-0.2, -0.15) is 5.43 Å². The number of carbonyl (C=O) groups excluding carboxylic acids is 1. The first kappa shape index (κ1) is 9.64. The van der Waals surface area contributed by atoms with Crippen LogP contribution in [0.5, 0.6) is 0 Å². The van der Waals surface area contributed by atoms with E-state index in [1.165, 1.54) is 6.42 Å². The third-order valence-corrected chi connectivity index (χ3v) is 2.07. The summed E-state index contributed by atoms with van der Waals surface area (Å²) in [4.78, 5) is 10.6. The number of rotatable bonds is 3. The van der Waals surface area contributed by atoms with E-state index < -0.39 is 0 Å². The summed E-state index contributed by atoms with van der Waals surface area (Å²) >= 11 is 0. The average Bonchev–Trinajstić information content (AvgIpc) is 2.35. The zero-order valence-electron chi connectivity index (χ0n) is 7.49. The summed E-state index contributed by atoms with van der Waals surface area (Å²) in [6.07, 6.45) is 4.16. The highest BCUT2D eigenvalue weighted by Crippen LogP contribution is 2.04. The van der Waals surface area contributed by atoms with Gasteiger partial charge < -0.3 is 4.79 Å². The Morgan fingerprint density at radius 3 is 3.00 bits per heavy atom. The summed E-state index contributed by atoms with van der Waals surface area (Å²) in [6, 6.07) is 0. The van der Waals surface area contributed by atoms with Crippen molar-refractivity contribution in [2.24, 2.45) is 0 Å². The summed E-state index contributed by atoms with van der Waals surface area (Å²) in [5.41, 5.74) is 4.30. The van der Waals surface area contributed by atoms with Gasteiger partial charge in [0.05, 0.1) is 0 Å². The molecule has 4 nitrogen and oxygen atoms in total. The summed E-state index contributed by atoms with van der Waals surface area (Å²) in [5.74, 6) is 0. The summed E-state index contributed by atoms with van der Waals surface area (Å²) in [7, 11) is 1.78. The molecular formula is C8H16N3O. The van der Waals surface area contributed by atoms with Gasteiger partial charge in [0.1, 0.15) is 6.17 Å². The highest BCUT2D eigenvalue weighted by Gasteiger charge is 2.17. The van der Waals surface area contributed by atoms with Crippen molar-refractivity contribution in [1.29, 1.82) is 0 Å². The highest BCUT2D eigenvalue weighted by atomic mass is 16.1. The molecule has 0 saturated carbocycles. The normalized spacial score (nSPS) is 23.1. The van der Waals surface area contributed by atoms with Crippen molar-refractivity contribution in [2.75, 3.05) is 20.1 Å². The Balaban J connectivity index is 2.40. The van der Waals surface area contributed by atoms with Crippen LogP contribution in [-0.2, 0) is 4.79 Å². The molecule has 1 rings (SSSR count). The second kappa shape index (κ2) is 5.24. The largest absolute Gasteiger partial charge is 0.300 e. The molecule has 12 heavy (non-hydrogen) atoms. The molecular weight excluding hydrogens is 154 g/mol. The SMILES string of the molecule is CNC(C=O)N1CCCCC[N]1. The monoisotopic (exact) mass is 170 g/mol. The zero-order valence-corrected chi connectivity index (χ0v) is 7.49. The molecule has 0 aromatic carbocycles. The predicted octanol–water partition coefficient (Wildman–Crippen LogP) is -0.264. The van der Waals surface area contributed by atoms with Crippen molar-refractivity contribution >= 4 is 6.29 Å². The standard InChI is InChI=1S/C8H16N3O/c1-9-8(7-12)11-6-4-2-3-5-10-11/h7-9H,2-6H2,1H3. The Kier molecular flexibility index (Phi) is 4.21. The van der Waals surface area contributed by atoms with Crippen molar-refractivity contribution < 1.29 is 4.79 Å². The van der Waals surface area contributed by atoms with Crippen molar-refractivity contribution in [3.63, 3.8) is 0 Å². The van der Waals surface area contributed by atoms with E-state index in [0.29, 0.717) is 0 Å². The van der Waals surface area contributed by atoms with E-state index in [1.807, 2.05) is 5.01 Å². The van der Waals surface area contributed by atoms with Crippen LogP contribution < -0.4 is 10.7 Å². The van der Waals surface area contributed by atoms with Gasteiger partial charge in [0, 0.05) is 13.1 Å². The van der Waals surface area contributed by atoms with Gasteiger partial charge in [0.2, 0.25) is 0 Å².